The van der Waals surface area contributed by atoms with E-state index in [9.17, 15) is 9.59 Å². The van der Waals surface area contributed by atoms with Gasteiger partial charge >= 0.3 is 5.97 Å². The fourth-order valence-corrected chi connectivity index (χ4v) is 4.03. The van der Waals surface area contributed by atoms with Gasteiger partial charge in [-0.05, 0) is 61.6 Å². The first-order valence-corrected chi connectivity index (χ1v) is 12.7. The molecule has 0 saturated heterocycles. The Hall–Kier alpha value is -3.39. The van der Waals surface area contributed by atoms with Crippen LogP contribution < -0.4 is 5.32 Å². The molecule has 2 atom stereocenters. The van der Waals surface area contributed by atoms with E-state index in [1.165, 1.54) is 0 Å². The van der Waals surface area contributed by atoms with Gasteiger partial charge in [0.25, 0.3) is 0 Å². The summed E-state index contributed by atoms with van der Waals surface area (Å²) < 4.78 is 5.75. The third-order valence-electron chi connectivity index (χ3n) is 6.44. The smallest absolute Gasteiger partial charge is 0.306 e. The molecule has 0 aliphatic heterocycles. The van der Waals surface area contributed by atoms with Crippen LogP contribution in [0.1, 0.15) is 78.3 Å². The van der Waals surface area contributed by atoms with Gasteiger partial charge in [0.05, 0.1) is 6.04 Å². The van der Waals surface area contributed by atoms with Gasteiger partial charge in [-0.15, -0.1) is 10.2 Å². The molecule has 2 N–H and O–H groups in total. The lowest BCUT2D eigenvalue weighted by Crippen LogP contribution is -2.50. The van der Waals surface area contributed by atoms with Crippen LogP contribution in [0.4, 0.5) is 0 Å². The minimum absolute atomic E-state index is 0.0888. The number of carbonyl (C=O) groups excluding carboxylic acids is 2. The molecule has 2 unspecified atom stereocenters. The summed E-state index contributed by atoms with van der Waals surface area (Å²) >= 11 is 0. The highest BCUT2D eigenvalue weighted by Crippen LogP contribution is 2.33. The molecule has 3 rings (SSSR count). The number of benzene rings is 2. The van der Waals surface area contributed by atoms with Gasteiger partial charge in [-0.25, -0.2) is 0 Å². The van der Waals surface area contributed by atoms with E-state index >= 15 is 0 Å². The lowest BCUT2D eigenvalue weighted by molar-refractivity contribution is -0.159. The van der Waals surface area contributed by atoms with E-state index in [4.69, 9.17) is 4.74 Å². The summed E-state index contributed by atoms with van der Waals surface area (Å²) in [6.45, 7) is 9.69. The summed E-state index contributed by atoms with van der Waals surface area (Å²) in [7, 11) is 0. The van der Waals surface area contributed by atoms with Crippen molar-refractivity contribution in [3.05, 3.63) is 54.1 Å². The molecule has 0 fully saturated rings. The van der Waals surface area contributed by atoms with Gasteiger partial charge in [-0.3, -0.25) is 14.9 Å². The van der Waals surface area contributed by atoms with Crippen LogP contribution in [-0.2, 0) is 14.3 Å². The number of H-pyrrole nitrogens is 1. The van der Waals surface area contributed by atoms with Crippen molar-refractivity contribution in [2.75, 3.05) is 0 Å². The normalized spacial score (nSPS) is 13.2. The van der Waals surface area contributed by atoms with Gasteiger partial charge in [0.15, 0.2) is 5.78 Å². The number of esters is 1. The third-order valence-corrected chi connectivity index (χ3v) is 6.44. The minimum Gasteiger partial charge on any atom is -0.458 e. The van der Waals surface area contributed by atoms with Gasteiger partial charge in [-0.2, -0.15) is 5.21 Å². The van der Waals surface area contributed by atoms with Crippen LogP contribution in [-0.4, -0.2) is 44.0 Å². The maximum atomic E-state index is 13.4. The van der Waals surface area contributed by atoms with E-state index in [-0.39, 0.29) is 17.8 Å². The third kappa shape index (κ3) is 6.85. The first kappa shape index (κ1) is 27.2. The highest BCUT2D eigenvalue weighted by atomic mass is 16.6. The van der Waals surface area contributed by atoms with Gasteiger partial charge in [0, 0.05) is 24.4 Å². The average molecular weight is 492 g/mol. The molecule has 0 aliphatic carbocycles. The predicted octanol–water partition coefficient (Wildman–Crippen LogP) is 5.43. The minimum atomic E-state index is -0.796. The molecule has 8 nitrogen and oxygen atoms in total. The fraction of sp³-hybridized carbons (Fsp3) is 0.464. The molecule has 0 spiro atoms. The van der Waals surface area contributed by atoms with E-state index in [2.05, 4.69) is 32.9 Å². The number of rotatable bonds is 13. The second kappa shape index (κ2) is 12.5. The fourth-order valence-electron chi connectivity index (χ4n) is 4.03. The second-order valence-electron chi connectivity index (χ2n) is 9.63. The molecule has 192 valence electrons. The van der Waals surface area contributed by atoms with E-state index in [0.29, 0.717) is 18.7 Å². The Morgan fingerprint density at radius 1 is 1.03 bits per heavy atom. The van der Waals surface area contributed by atoms with Gasteiger partial charge < -0.3 is 4.74 Å². The van der Waals surface area contributed by atoms with Crippen molar-refractivity contribution >= 4 is 11.8 Å². The van der Waals surface area contributed by atoms with Crippen LogP contribution in [0.5, 0.6) is 0 Å². The van der Waals surface area contributed by atoms with Crippen LogP contribution in [0.25, 0.3) is 22.5 Å². The number of ether oxygens (including phenoxy) is 1. The molecular weight excluding hydrogens is 454 g/mol. The first-order valence-electron chi connectivity index (χ1n) is 12.7. The monoisotopic (exact) mass is 491 g/mol. The molecule has 1 heterocycles. The Morgan fingerprint density at radius 3 is 2.42 bits per heavy atom. The van der Waals surface area contributed by atoms with Crippen molar-refractivity contribution in [2.45, 2.75) is 84.4 Å². The number of aromatic nitrogens is 4. The number of Topliss-reactive ketones (excluding diaryl/α,β-unsaturated/α-hetero) is 1. The topological polar surface area (TPSA) is 110 Å². The SMILES string of the molecule is CCCCC(=O)C(NC(C)C(C)(C)OC(=O)CCC)c1ccc(-c2ccccc2)c(-c2nn[nH]n2)c1. The van der Waals surface area contributed by atoms with Gasteiger partial charge in [0.1, 0.15) is 5.60 Å². The summed E-state index contributed by atoms with van der Waals surface area (Å²) in [5.41, 5.74) is 2.75. The Bertz CT molecular complexity index is 1130. The molecule has 0 aliphatic rings. The number of ketones is 1. The highest BCUT2D eigenvalue weighted by molar-refractivity contribution is 5.87. The zero-order valence-electron chi connectivity index (χ0n) is 21.9. The van der Waals surface area contributed by atoms with Crippen molar-refractivity contribution in [3.63, 3.8) is 0 Å². The molecule has 1 aromatic heterocycles. The number of carbonyl (C=O) groups is 2. The molecule has 2 aromatic carbocycles. The molecule has 0 amide bonds. The number of unbranched alkanes of at least 4 members (excludes halogenated alkanes) is 1. The number of tetrazole rings is 1. The lowest BCUT2D eigenvalue weighted by Gasteiger charge is -2.35. The number of nitrogens with one attached hydrogen (secondary N) is 2. The van der Waals surface area contributed by atoms with Crippen molar-refractivity contribution in [1.82, 2.24) is 25.9 Å². The molecule has 36 heavy (non-hydrogen) atoms. The van der Waals surface area contributed by atoms with Crippen LogP contribution in [0, 0.1) is 0 Å². The summed E-state index contributed by atoms with van der Waals surface area (Å²) in [6, 6.07) is 15.0. The van der Waals surface area contributed by atoms with E-state index < -0.39 is 11.6 Å². The Kier molecular flexibility index (Phi) is 9.47. The molecular formula is C28H37N5O3. The van der Waals surface area contributed by atoms with Gasteiger partial charge in [0.2, 0.25) is 5.82 Å². The van der Waals surface area contributed by atoms with Crippen molar-refractivity contribution in [2.24, 2.45) is 0 Å². The van der Waals surface area contributed by atoms with E-state index in [1.807, 2.05) is 76.2 Å². The maximum absolute atomic E-state index is 13.4. The number of nitrogens with zero attached hydrogens (tertiary/aromatic N) is 3. The number of aromatic amines is 1. The average Bonchev–Trinajstić information content (AvgIpc) is 3.40. The predicted molar refractivity (Wildman–Crippen MR) is 140 cm³/mol. The van der Waals surface area contributed by atoms with Gasteiger partial charge in [-0.1, -0.05) is 62.7 Å². The largest absolute Gasteiger partial charge is 0.458 e. The van der Waals surface area contributed by atoms with Crippen LogP contribution in [0.3, 0.4) is 0 Å². The van der Waals surface area contributed by atoms with Crippen LogP contribution in [0.2, 0.25) is 0 Å². The summed E-state index contributed by atoms with van der Waals surface area (Å²) in [6.07, 6.45) is 3.27. The second-order valence-corrected chi connectivity index (χ2v) is 9.63. The maximum Gasteiger partial charge on any atom is 0.306 e. The summed E-state index contributed by atoms with van der Waals surface area (Å²) in [4.78, 5) is 25.6. The Balaban J connectivity index is 1.99. The molecule has 0 radical (unpaired) electrons. The quantitative estimate of drug-likeness (QED) is 0.307. The number of hydrogen-bond acceptors (Lipinski definition) is 7. The molecule has 8 heteroatoms. The summed E-state index contributed by atoms with van der Waals surface area (Å²) in [5.74, 6) is 0.305. The molecule has 0 saturated carbocycles. The van der Waals surface area contributed by atoms with Crippen molar-refractivity contribution in [3.8, 4) is 22.5 Å². The van der Waals surface area contributed by atoms with Crippen molar-refractivity contribution < 1.29 is 14.3 Å². The Labute approximate surface area is 213 Å². The van der Waals surface area contributed by atoms with E-state index in [1.54, 1.807) is 0 Å². The lowest BCUT2D eigenvalue weighted by atomic mass is 9.90. The first-order chi connectivity index (χ1) is 17.3. The standard InChI is InChI=1S/C28H37N5O3/c1-6-8-15-24(34)26(29-19(3)28(4,5)36-25(35)12-7-2)21-16-17-22(20-13-10-9-11-14-20)23(18-21)27-30-32-33-31-27/h9-11,13-14,16-19,26,29H,6-8,12,15H2,1-5H3,(H,30,31,32,33). The highest BCUT2D eigenvalue weighted by Gasteiger charge is 2.34. The van der Waals surface area contributed by atoms with E-state index in [0.717, 1.165) is 41.5 Å². The molecule has 3 aromatic rings. The van der Waals surface area contributed by atoms with Crippen LogP contribution in [0.15, 0.2) is 48.5 Å². The zero-order chi connectivity index (χ0) is 26.1. The van der Waals surface area contributed by atoms with Crippen LogP contribution >= 0.6 is 0 Å². The zero-order valence-corrected chi connectivity index (χ0v) is 21.9. The van der Waals surface area contributed by atoms with Crippen molar-refractivity contribution in [1.29, 1.82) is 0 Å². The number of hydrogen-bond donors (Lipinski definition) is 2. The molecule has 0 bridgehead atoms. The Morgan fingerprint density at radius 2 is 1.78 bits per heavy atom. The summed E-state index contributed by atoms with van der Waals surface area (Å²) in [5, 5.41) is 18.2.